The van der Waals surface area contributed by atoms with Gasteiger partial charge in [-0.3, -0.25) is 0 Å². The molecule has 0 aromatic heterocycles. The molecule has 1 atom stereocenters. The van der Waals surface area contributed by atoms with Gasteiger partial charge in [-0.25, -0.2) is 0 Å². The maximum atomic E-state index is 13.7. The molecule has 0 radical (unpaired) electrons. The summed E-state index contributed by atoms with van der Waals surface area (Å²) in [5.41, 5.74) is -0.190. The molecule has 0 saturated carbocycles. The summed E-state index contributed by atoms with van der Waals surface area (Å²) in [6.45, 7) is 3.46. The van der Waals surface area contributed by atoms with Crippen molar-refractivity contribution in [3.05, 3.63) is 60.7 Å². The largest absolute Gasteiger partial charge is 0.313 e. The maximum Gasteiger partial charge on any atom is 0.146 e. The van der Waals surface area contributed by atoms with Crippen LogP contribution in [-0.2, 0) is 9.36 Å². The van der Waals surface area contributed by atoms with E-state index in [-0.39, 0.29) is 11.4 Å². The quantitative estimate of drug-likeness (QED) is 0.790. The molecule has 104 valence electrons. The van der Waals surface area contributed by atoms with E-state index < -0.39 is 7.14 Å². The second-order valence-electron chi connectivity index (χ2n) is 5.08. The standard InChI is InChI=1S/C17H19O2P/c1-14(18)13-15(2)20(19,16-9-5-3-6-10-16)17-11-7-4-8-12-17/h3-12,15H,13H2,1-2H3. The lowest BCUT2D eigenvalue weighted by atomic mass is 10.2. The van der Waals surface area contributed by atoms with Gasteiger partial charge in [-0.2, -0.15) is 0 Å². The summed E-state index contributed by atoms with van der Waals surface area (Å²) in [7, 11) is -2.79. The molecule has 0 heterocycles. The van der Waals surface area contributed by atoms with Crippen LogP contribution in [0.5, 0.6) is 0 Å². The van der Waals surface area contributed by atoms with Crippen LogP contribution in [-0.4, -0.2) is 11.4 Å². The molecule has 20 heavy (non-hydrogen) atoms. The molecule has 3 heteroatoms. The Balaban J connectivity index is 2.55. The number of rotatable bonds is 5. The van der Waals surface area contributed by atoms with Crippen molar-refractivity contribution < 1.29 is 9.36 Å². The van der Waals surface area contributed by atoms with Crippen LogP contribution in [0.2, 0.25) is 0 Å². The van der Waals surface area contributed by atoms with Crippen molar-refractivity contribution in [2.75, 3.05) is 0 Å². The molecule has 2 nitrogen and oxygen atoms in total. The van der Waals surface area contributed by atoms with E-state index in [0.717, 1.165) is 10.6 Å². The number of carbonyl (C=O) groups excluding carboxylic acids is 1. The number of Topliss-reactive ketones (excluding diaryl/α,β-unsaturated/α-hetero) is 1. The molecule has 0 aliphatic rings. The van der Waals surface area contributed by atoms with E-state index in [1.54, 1.807) is 6.92 Å². The molecule has 1 unspecified atom stereocenters. The zero-order valence-corrected chi connectivity index (χ0v) is 12.7. The first-order valence-electron chi connectivity index (χ1n) is 6.75. The number of ketones is 1. The highest BCUT2D eigenvalue weighted by atomic mass is 31.2. The van der Waals surface area contributed by atoms with Gasteiger partial charge >= 0.3 is 0 Å². The lowest BCUT2D eigenvalue weighted by Gasteiger charge is -2.25. The van der Waals surface area contributed by atoms with Crippen LogP contribution < -0.4 is 10.6 Å². The summed E-state index contributed by atoms with van der Waals surface area (Å²) in [5, 5.41) is 1.64. The molecular formula is C17H19O2P. The van der Waals surface area contributed by atoms with Crippen LogP contribution in [0.25, 0.3) is 0 Å². The normalized spacial score (nSPS) is 12.9. The zero-order valence-electron chi connectivity index (χ0n) is 11.8. The Kier molecular flexibility index (Phi) is 4.57. The molecule has 0 N–H and O–H groups in total. The van der Waals surface area contributed by atoms with Crippen LogP contribution in [0.3, 0.4) is 0 Å². The van der Waals surface area contributed by atoms with Crippen LogP contribution >= 0.6 is 7.14 Å². The van der Waals surface area contributed by atoms with Gasteiger partial charge in [0.05, 0.1) is 0 Å². The Bertz CT molecular complexity index is 576. The first-order chi connectivity index (χ1) is 9.55. The Hall–Kier alpha value is -1.66. The van der Waals surface area contributed by atoms with Crippen molar-refractivity contribution in [1.29, 1.82) is 0 Å². The second-order valence-corrected chi connectivity index (χ2v) is 8.31. The number of hydrogen-bond donors (Lipinski definition) is 0. The molecule has 0 spiro atoms. The van der Waals surface area contributed by atoms with Crippen LogP contribution in [0.15, 0.2) is 60.7 Å². The first kappa shape index (κ1) is 14.7. The van der Waals surface area contributed by atoms with Crippen LogP contribution in [0, 0.1) is 0 Å². The van der Waals surface area contributed by atoms with E-state index in [2.05, 4.69) is 0 Å². The van der Waals surface area contributed by atoms with Gasteiger partial charge in [0, 0.05) is 22.7 Å². The molecule has 2 aromatic rings. The fraction of sp³-hybridized carbons (Fsp3) is 0.235. The lowest BCUT2D eigenvalue weighted by molar-refractivity contribution is -0.116. The van der Waals surface area contributed by atoms with Crippen molar-refractivity contribution in [2.24, 2.45) is 0 Å². The summed E-state index contributed by atoms with van der Waals surface area (Å²) < 4.78 is 13.7. The smallest absolute Gasteiger partial charge is 0.146 e. The highest BCUT2D eigenvalue weighted by Gasteiger charge is 2.34. The average molecular weight is 286 g/mol. The minimum atomic E-state index is -2.79. The maximum absolute atomic E-state index is 13.7. The van der Waals surface area contributed by atoms with E-state index in [0.29, 0.717) is 6.42 Å². The molecular weight excluding hydrogens is 267 g/mol. The monoisotopic (exact) mass is 286 g/mol. The second kappa shape index (κ2) is 6.19. The fourth-order valence-corrected chi connectivity index (χ4v) is 5.56. The van der Waals surface area contributed by atoms with Crippen molar-refractivity contribution >= 4 is 23.5 Å². The van der Waals surface area contributed by atoms with Gasteiger partial charge in [-0.15, -0.1) is 0 Å². The van der Waals surface area contributed by atoms with Gasteiger partial charge in [0.15, 0.2) is 0 Å². The van der Waals surface area contributed by atoms with Gasteiger partial charge in [-0.1, -0.05) is 67.6 Å². The highest BCUT2D eigenvalue weighted by molar-refractivity contribution is 7.79. The number of benzene rings is 2. The highest BCUT2D eigenvalue weighted by Crippen LogP contribution is 2.49. The van der Waals surface area contributed by atoms with Gasteiger partial charge in [0.1, 0.15) is 12.9 Å². The predicted molar refractivity (Wildman–Crippen MR) is 84.5 cm³/mol. The van der Waals surface area contributed by atoms with Crippen molar-refractivity contribution in [2.45, 2.75) is 25.9 Å². The summed E-state index contributed by atoms with van der Waals surface area (Å²) in [5.74, 6) is 0.0737. The van der Waals surface area contributed by atoms with Crippen molar-refractivity contribution in [3.8, 4) is 0 Å². The summed E-state index contributed by atoms with van der Waals surface area (Å²) in [4.78, 5) is 11.4. The first-order valence-corrected chi connectivity index (χ1v) is 8.53. The topological polar surface area (TPSA) is 34.1 Å². The van der Waals surface area contributed by atoms with E-state index in [9.17, 15) is 9.36 Å². The van der Waals surface area contributed by atoms with Crippen LogP contribution in [0.1, 0.15) is 20.3 Å². The van der Waals surface area contributed by atoms with Gasteiger partial charge in [-0.05, 0) is 6.92 Å². The predicted octanol–water partition coefficient (Wildman–Crippen LogP) is 3.37. The Morgan fingerprint density at radius 3 is 1.70 bits per heavy atom. The Labute approximate surface area is 120 Å². The summed E-state index contributed by atoms with van der Waals surface area (Å²) in [6.07, 6.45) is 0.334. The van der Waals surface area contributed by atoms with E-state index in [1.165, 1.54) is 0 Å². The van der Waals surface area contributed by atoms with Gasteiger partial charge in [0.25, 0.3) is 0 Å². The zero-order chi connectivity index (χ0) is 14.6. The number of carbonyl (C=O) groups is 1. The molecule has 2 aromatic carbocycles. The van der Waals surface area contributed by atoms with Crippen LogP contribution in [0.4, 0.5) is 0 Å². The molecule has 0 aliphatic carbocycles. The number of hydrogen-bond acceptors (Lipinski definition) is 2. The molecule has 0 saturated heterocycles. The van der Waals surface area contributed by atoms with Crippen molar-refractivity contribution in [1.82, 2.24) is 0 Å². The fourth-order valence-electron chi connectivity index (χ4n) is 2.50. The van der Waals surface area contributed by atoms with E-state index in [4.69, 9.17) is 0 Å². The van der Waals surface area contributed by atoms with E-state index in [1.807, 2.05) is 67.6 Å². The van der Waals surface area contributed by atoms with Crippen molar-refractivity contribution in [3.63, 3.8) is 0 Å². The molecule has 0 bridgehead atoms. The minimum Gasteiger partial charge on any atom is -0.313 e. The van der Waals surface area contributed by atoms with Gasteiger partial charge in [0.2, 0.25) is 0 Å². The van der Waals surface area contributed by atoms with Gasteiger partial charge < -0.3 is 9.36 Å². The lowest BCUT2D eigenvalue weighted by Crippen LogP contribution is -2.25. The van der Waals surface area contributed by atoms with E-state index >= 15 is 0 Å². The Morgan fingerprint density at radius 1 is 0.950 bits per heavy atom. The third-order valence-corrected chi connectivity index (χ3v) is 7.04. The third kappa shape index (κ3) is 2.91. The third-order valence-electron chi connectivity index (χ3n) is 3.48. The molecule has 0 amide bonds. The SMILES string of the molecule is CC(=O)CC(C)P(=O)(c1ccccc1)c1ccccc1. The molecule has 0 fully saturated rings. The minimum absolute atomic E-state index is 0.0737. The summed E-state index contributed by atoms with van der Waals surface area (Å²) in [6, 6.07) is 19.0. The molecule has 2 rings (SSSR count). The summed E-state index contributed by atoms with van der Waals surface area (Å²) >= 11 is 0. The average Bonchev–Trinajstić information content (AvgIpc) is 2.47. The Morgan fingerprint density at radius 2 is 1.35 bits per heavy atom. The molecule has 0 aliphatic heterocycles.